The van der Waals surface area contributed by atoms with E-state index in [4.69, 9.17) is 5.73 Å². The molecule has 2 aromatic rings. The van der Waals surface area contributed by atoms with Gasteiger partial charge in [0.05, 0.1) is 0 Å². The molecule has 0 radical (unpaired) electrons. The van der Waals surface area contributed by atoms with Crippen LogP contribution in [0.5, 0.6) is 0 Å². The highest BCUT2D eigenvalue weighted by Gasteiger charge is 2.04. The van der Waals surface area contributed by atoms with Gasteiger partial charge in [-0.15, -0.1) is 0 Å². The Balaban J connectivity index is 1.89. The monoisotopic (exact) mass is 268 g/mol. The second-order valence-electron chi connectivity index (χ2n) is 4.85. The summed E-state index contributed by atoms with van der Waals surface area (Å²) in [7, 11) is 0. The zero-order chi connectivity index (χ0) is 14.4. The second-order valence-corrected chi connectivity index (χ2v) is 4.85. The van der Waals surface area contributed by atoms with E-state index in [1.54, 1.807) is 0 Å². The van der Waals surface area contributed by atoms with E-state index in [2.05, 4.69) is 18.3 Å². The van der Waals surface area contributed by atoms with Crippen molar-refractivity contribution in [3.8, 4) is 0 Å². The first kappa shape index (κ1) is 14.1. The van der Waals surface area contributed by atoms with E-state index in [-0.39, 0.29) is 5.91 Å². The summed E-state index contributed by atoms with van der Waals surface area (Å²) in [6, 6.07) is 15.6. The van der Waals surface area contributed by atoms with Crippen LogP contribution in [0, 0.1) is 0 Å². The molecule has 0 aliphatic carbocycles. The smallest absolute Gasteiger partial charge is 0.224 e. The van der Waals surface area contributed by atoms with Gasteiger partial charge in [-0.05, 0) is 48.2 Å². The van der Waals surface area contributed by atoms with Crippen LogP contribution in [-0.2, 0) is 17.6 Å². The van der Waals surface area contributed by atoms with Crippen LogP contribution in [0.4, 0.5) is 11.4 Å². The summed E-state index contributed by atoms with van der Waals surface area (Å²) >= 11 is 0. The predicted octanol–water partition coefficient (Wildman–Crippen LogP) is 3.40. The lowest BCUT2D eigenvalue weighted by Crippen LogP contribution is -2.12. The highest BCUT2D eigenvalue weighted by atomic mass is 16.1. The number of carbonyl (C=O) groups excluding carboxylic acids is 1. The first-order chi connectivity index (χ1) is 9.67. The molecule has 2 rings (SSSR count). The lowest BCUT2D eigenvalue weighted by Gasteiger charge is -2.07. The molecule has 0 atom stereocenters. The van der Waals surface area contributed by atoms with E-state index in [0.29, 0.717) is 12.8 Å². The summed E-state index contributed by atoms with van der Waals surface area (Å²) < 4.78 is 0. The summed E-state index contributed by atoms with van der Waals surface area (Å²) in [6.45, 7) is 2.10. The first-order valence-corrected chi connectivity index (χ1v) is 6.90. The maximum Gasteiger partial charge on any atom is 0.224 e. The van der Waals surface area contributed by atoms with Crippen LogP contribution in [0.2, 0.25) is 0 Å². The van der Waals surface area contributed by atoms with E-state index in [1.165, 1.54) is 5.56 Å². The Morgan fingerprint density at radius 1 is 1.10 bits per heavy atom. The van der Waals surface area contributed by atoms with Gasteiger partial charge < -0.3 is 11.1 Å². The number of benzene rings is 2. The topological polar surface area (TPSA) is 55.1 Å². The van der Waals surface area contributed by atoms with Gasteiger partial charge in [0.2, 0.25) is 5.91 Å². The van der Waals surface area contributed by atoms with E-state index in [9.17, 15) is 4.79 Å². The molecule has 0 aliphatic heterocycles. The van der Waals surface area contributed by atoms with E-state index in [0.717, 1.165) is 23.4 Å². The number of aryl methyl sites for hydroxylation is 2. The molecule has 0 spiro atoms. The normalized spacial score (nSPS) is 10.2. The molecular formula is C17H20N2O. The molecule has 0 heterocycles. The molecule has 0 aliphatic rings. The number of nitrogens with two attached hydrogens (primary N) is 1. The van der Waals surface area contributed by atoms with Gasteiger partial charge in [-0.1, -0.05) is 31.2 Å². The number of carbonyl (C=O) groups is 1. The maximum atomic E-state index is 11.9. The Morgan fingerprint density at radius 3 is 2.60 bits per heavy atom. The van der Waals surface area contributed by atoms with Crippen molar-refractivity contribution in [3.63, 3.8) is 0 Å². The third kappa shape index (κ3) is 4.12. The molecule has 20 heavy (non-hydrogen) atoms. The van der Waals surface area contributed by atoms with Gasteiger partial charge in [0, 0.05) is 17.8 Å². The lowest BCUT2D eigenvalue weighted by atomic mass is 10.1. The summed E-state index contributed by atoms with van der Waals surface area (Å²) in [4.78, 5) is 11.9. The molecule has 0 saturated carbocycles. The molecule has 0 bridgehead atoms. The van der Waals surface area contributed by atoms with Gasteiger partial charge in [-0.3, -0.25) is 4.79 Å². The fraction of sp³-hybridized carbons (Fsp3) is 0.235. The van der Waals surface area contributed by atoms with Gasteiger partial charge in [0.15, 0.2) is 0 Å². The number of hydrogen-bond donors (Lipinski definition) is 2. The molecule has 0 unspecified atom stereocenters. The Kier molecular flexibility index (Phi) is 4.77. The molecule has 0 aromatic heterocycles. The summed E-state index contributed by atoms with van der Waals surface area (Å²) in [5.41, 5.74) is 9.62. The Bertz CT molecular complexity index is 593. The highest BCUT2D eigenvalue weighted by molar-refractivity contribution is 5.90. The van der Waals surface area contributed by atoms with Gasteiger partial charge in [-0.25, -0.2) is 0 Å². The largest absolute Gasteiger partial charge is 0.399 e. The van der Waals surface area contributed by atoms with Gasteiger partial charge in [0.25, 0.3) is 0 Å². The number of nitrogens with one attached hydrogen (secondary N) is 1. The molecule has 2 aromatic carbocycles. The summed E-state index contributed by atoms with van der Waals surface area (Å²) in [5, 5.41) is 2.93. The predicted molar refractivity (Wildman–Crippen MR) is 83.6 cm³/mol. The third-order valence-corrected chi connectivity index (χ3v) is 3.21. The molecule has 0 saturated heterocycles. The minimum Gasteiger partial charge on any atom is -0.399 e. The van der Waals surface area contributed by atoms with E-state index >= 15 is 0 Å². The fourth-order valence-electron chi connectivity index (χ4n) is 2.10. The van der Waals surface area contributed by atoms with Crippen molar-refractivity contribution >= 4 is 17.3 Å². The molecular weight excluding hydrogens is 248 g/mol. The van der Waals surface area contributed by atoms with Crippen molar-refractivity contribution in [2.75, 3.05) is 11.1 Å². The minimum atomic E-state index is 0.0284. The second kappa shape index (κ2) is 6.75. The number of hydrogen-bond acceptors (Lipinski definition) is 2. The van der Waals surface area contributed by atoms with Gasteiger partial charge >= 0.3 is 0 Å². The molecule has 3 heteroatoms. The van der Waals surface area contributed by atoms with Crippen molar-refractivity contribution in [3.05, 3.63) is 59.7 Å². The SMILES string of the molecule is CCc1cccc(NC(=O)CCc2cccc(N)c2)c1. The average molecular weight is 268 g/mol. The molecule has 3 N–H and O–H groups in total. The van der Waals surface area contributed by atoms with Crippen LogP contribution in [0.15, 0.2) is 48.5 Å². The molecule has 3 nitrogen and oxygen atoms in total. The number of nitrogen functional groups attached to an aromatic ring is 1. The Morgan fingerprint density at radius 2 is 1.85 bits per heavy atom. The van der Waals surface area contributed by atoms with Crippen molar-refractivity contribution in [1.29, 1.82) is 0 Å². The van der Waals surface area contributed by atoms with Crippen molar-refractivity contribution in [2.24, 2.45) is 0 Å². The van der Waals surface area contributed by atoms with Gasteiger partial charge in [-0.2, -0.15) is 0 Å². The number of amides is 1. The molecule has 104 valence electrons. The zero-order valence-electron chi connectivity index (χ0n) is 11.7. The highest BCUT2D eigenvalue weighted by Crippen LogP contribution is 2.13. The summed E-state index contributed by atoms with van der Waals surface area (Å²) in [5.74, 6) is 0.0284. The first-order valence-electron chi connectivity index (χ1n) is 6.90. The third-order valence-electron chi connectivity index (χ3n) is 3.21. The molecule has 1 amide bonds. The van der Waals surface area contributed by atoms with Crippen LogP contribution in [0.3, 0.4) is 0 Å². The Labute approximate surface area is 119 Å². The zero-order valence-corrected chi connectivity index (χ0v) is 11.7. The Hall–Kier alpha value is -2.29. The number of anilines is 2. The minimum absolute atomic E-state index is 0.0284. The quantitative estimate of drug-likeness (QED) is 0.816. The van der Waals surface area contributed by atoms with Crippen molar-refractivity contribution in [2.45, 2.75) is 26.2 Å². The van der Waals surface area contributed by atoms with E-state index in [1.807, 2.05) is 42.5 Å². The van der Waals surface area contributed by atoms with Crippen LogP contribution in [0.25, 0.3) is 0 Å². The lowest BCUT2D eigenvalue weighted by molar-refractivity contribution is -0.116. The van der Waals surface area contributed by atoms with E-state index < -0.39 is 0 Å². The van der Waals surface area contributed by atoms with Crippen molar-refractivity contribution < 1.29 is 4.79 Å². The fourth-order valence-corrected chi connectivity index (χ4v) is 2.10. The number of rotatable bonds is 5. The molecule has 0 fully saturated rings. The van der Waals surface area contributed by atoms with Crippen LogP contribution in [0.1, 0.15) is 24.5 Å². The van der Waals surface area contributed by atoms with Crippen LogP contribution < -0.4 is 11.1 Å². The maximum absolute atomic E-state index is 11.9. The van der Waals surface area contributed by atoms with Crippen LogP contribution in [-0.4, -0.2) is 5.91 Å². The van der Waals surface area contributed by atoms with Gasteiger partial charge in [0.1, 0.15) is 0 Å². The van der Waals surface area contributed by atoms with Crippen molar-refractivity contribution in [1.82, 2.24) is 0 Å². The summed E-state index contributed by atoms with van der Waals surface area (Å²) in [6.07, 6.45) is 2.12. The van der Waals surface area contributed by atoms with Crippen LogP contribution >= 0.6 is 0 Å². The standard InChI is InChI=1S/C17H20N2O/c1-2-13-5-4-8-16(12-13)19-17(20)10-9-14-6-3-7-15(18)11-14/h3-8,11-12H,2,9-10,18H2,1H3,(H,19,20). The average Bonchev–Trinajstić information content (AvgIpc) is 2.45.